The third kappa shape index (κ3) is 3.42. The van der Waals surface area contributed by atoms with E-state index in [0.717, 1.165) is 4.90 Å². The van der Waals surface area contributed by atoms with E-state index in [2.05, 4.69) is 4.74 Å². The van der Waals surface area contributed by atoms with E-state index in [0.29, 0.717) is 0 Å². The average molecular weight is 246 g/mol. The van der Waals surface area contributed by atoms with Gasteiger partial charge in [-0.1, -0.05) is 0 Å². The molecule has 0 spiro atoms. The summed E-state index contributed by atoms with van der Waals surface area (Å²) in [5.74, 6) is -2.86. The molecule has 0 heterocycles. The zero-order valence-corrected chi connectivity index (χ0v) is 10.4. The van der Waals surface area contributed by atoms with Crippen LogP contribution in [0, 0.1) is 0 Å². The number of ether oxygens (including phenoxy) is 1. The highest BCUT2D eigenvalue weighted by atomic mass is 16.5. The summed E-state index contributed by atoms with van der Waals surface area (Å²) in [6.07, 6.45) is 0. The van der Waals surface area contributed by atoms with Crippen LogP contribution in [0.2, 0.25) is 0 Å². The third-order valence-electron chi connectivity index (χ3n) is 2.50. The predicted octanol–water partition coefficient (Wildman–Crippen LogP) is -0.802. The first kappa shape index (κ1) is 15.4. The number of carboxylic acid groups (broad SMARTS) is 1. The summed E-state index contributed by atoms with van der Waals surface area (Å²) >= 11 is 0. The van der Waals surface area contributed by atoms with Crippen LogP contribution in [0.5, 0.6) is 0 Å². The van der Waals surface area contributed by atoms with Gasteiger partial charge in [0.25, 0.3) is 5.91 Å². The van der Waals surface area contributed by atoms with Gasteiger partial charge in [0.05, 0.1) is 6.61 Å². The van der Waals surface area contributed by atoms with Crippen molar-refractivity contribution in [2.45, 2.75) is 32.4 Å². The number of nitrogens with two attached hydrogens (primary N) is 1. The van der Waals surface area contributed by atoms with E-state index in [-0.39, 0.29) is 6.61 Å². The predicted molar refractivity (Wildman–Crippen MR) is 59.1 cm³/mol. The van der Waals surface area contributed by atoms with Gasteiger partial charge in [-0.25, -0.2) is 9.59 Å². The monoisotopic (exact) mass is 246 g/mol. The van der Waals surface area contributed by atoms with Crippen LogP contribution in [-0.2, 0) is 19.1 Å². The van der Waals surface area contributed by atoms with Gasteiger partial charge in [-0.2, -0.15) is 0 Å². The Morgan fingerprint density at radius 3 is 2.24 bits per heavy atom. The Kier molecular flexibility index (Phi) is 5.09. The Balaban J connectivity index is 4.82. The summed E-state index contributed by atoms with van der Waals surface area (Å²) in [7, 11) is 1.27. The highest BCUT2D eigenvalue weighted by molar-refractivity contribution is 6.03. The molecule has 1 atom stereocenters. The lowest BCUT2D eigenvalue weighted by Gasteiger charge is -2.32. The molecule has 0 rings (SSSR count). The minimum atomic E-state index is -1.50. The largest absolute Gasteiger partial charge is 0.480 e. The molecule has 0 bridgehead atoms. The van der Waals surface area contributed by atoms with Gasteiger partial charge < -0.3 is 20.5 Å². The Bertz CT molecular complexity index is 327. The number of likely N-dealkylation sites (N-methyl/N-ethyl adjacent to an activating group) is 1. The first-order chi connectivity index (χ1) is 7.66. The number of hydrogen-bond donors (Lipinski definition) is 2. The summed E-state index contributed by atoms with van der Waals surface area (Å²) in [4.78, 5) is 34.8. The Labute approximate surface area is 99.5 Å². The van der Waals surface area contributed by atoms with Crippen LogP contribution in [0.1, 0.15) is 20.8 Å². The maximum absolute atomic E-state index is 11.7. The summed E-state index contributed by atoms with van der Waals surface area (Å²) in [6, 6.07) is -1.50. The molecule has 98 valence electrons. The normalized spacial score (nSPS) is 12.8. The van der Waals surface area contributed by atoms with Gasteiger partial charge in [0, 0.05) is 7.05 Å². The zero-order chi connectivity index (χ0) is 13.8. The van der Waals surface area contributed by atoms with Gasteiger partial charge >= 0.3 is 11.9 Å². The van der Waals surface area contributed by atoms with Crippen molar-refractivity contribution >= 4 is 17.8 Å². The van der Waals surface area contributed by atoms with Crippen molar-refractivity contribution in [2.24, 2.45) is 5.73 Å². The van der Waals surface area contributed by atoms with Crippen molar-refractivity contribution in [1.82, 2.24) is 4.90 Å². The second kappa shape index (κ2) is 5.62. The standard InChI is InChI=1S/C10H18N2O5/c1-5-17-8(14)6(11)7(13)12(4)10(2,3)9(15)16/h6H,5,11H2,1-4H3,(H,15,16). The first-order valence-corrected chi connectivity index (χ1v) is 5.09. The van der Waals surface area contributed by atoms with Gasteiger partial charge in [-0.3, -0.25) is 4.79 Å². The summed E-state index contributed by atoms with van der Waals surface area (Å²) in [5.41, 5.74) is 3.94. The van der Waals surface area contributed by atoms with Crippen molar-refractivity contribution in [3.63, 3.8) is 0 Å². The highest BCUT2D eigenvalue weighted by Crippen LogP contribution is 2.13. The molecule has 0 aliphatic rings. The number of carbonyl (C=O) groups excluding carboxylic acids is 2. The van der Waals surface area contributed by atoms with Crippen LogP contribution in [-0.4, -0.2) is 53.1 Å². The molecule has 7 heteroatoms. The molecule has 3 N–H and O–H groups in total. The Morgan fingerprint density at radius 1 is 1.41 bits per heavy atom. The molecule has 0 saturated heterocycles. The van der Waals surface area contributed by atoms with Crippen molar-refractivity contribution in [2.75, 3.05) is 13.7 Å². The lowest BCUT2D eigenvalue weighted by Crippen LogP contribution is -2.57. The molecule has 0 saturated carbocycles. The zero-order valence-electron chi connectivity index (χ0n) is 10.4. The number of amides is 1. The molecule has 17 heavy (non-hydrogen) atoms. The fourth-order valence-corrected chi connectivity index (χ4v) is 0.960. The van der Waals surface area contributed by atoms with E-state index in [1.807, 2.05) is 0 Å². The van der Waals surface area contributed by atoms with Gasteiger partial charge in [0.2, 0.25) is 0 Å². The number of carbonyl (C=O) groups is 3. The molecule has 0 aromatic carbocycles. The Morgan fingerprint density at radius 2 is 1.88 bits per heavy atom. The van der Waals surface area contributed by atoms with E-state index in [1.54, 1.807) is 6.92 Å². The topological polar surface area (TPSA) is 110 Å². The van der Waals surface area contributed by atoms with E-state index in [4.69, 9.17) is 10.8 Å². The lowest BCUT2D eigenvalue weighted by atomic mass is 10.0. The molecular formula is C10H18N2O5. The van der Waals surface area contributed by atoms with E-state index in [1.165, 1.54) is 20.9 Å². The average Bonchev–Trinajstić information content (AvgIpc) is 2.25. The van der Waals surface area contributed by atoms with Crippen molar-refractivity contribution in [1.29, 1.82) is 0 Å². The SMILES string of the molecule is CCOC(=O)C(N)C(=O)N(C)C(C)(C)C(=O)O. The lowest BCUT2D eigenvalue weighted by molar-refractivity contribution is -0.160. The molecule has 0 aromatic rings. The van der Waals surface area contributed by atoms with Gasteiger partial charge in [0.1, 0.15) is 5.54 Å². The van der Waals surface area contributed by atoms with E-state index in [9.17, 15) is 14.4 Å². The maximum Gasteiger partial charge on any atom is 0.332 e. The smallest absolute Gasteiger partial charge is 0.332 e. The van der Waals surface area contributed by atoms with Gasteiger partial charge in [-0.05, 0) is 20.8 Å². The highest BCUT2D eigenvalue weighted by Gasteiger charge is 2.39. The molecule has 1 unspecified atom stereocenters. The van der Waals surface area contributed by atoms with Crippen LogP contribution in [0.25, 0.3) is 0 Å². The Hall–Kier alpha value is -1.63. The molecular weight excluding hydrogens is 228 g/mol. The quantitative estimate of drug-likeness (QED) is 0.485. The second-order valence-electron chi connectivity index (χ2n) is 3.99. The summed E-state index contributed by atoms with van der Waals surface area (Å²) < 4.78 is 4.59. The fourth-order valence-electron chi connectivity index (χ4n) is 0.960. The number of aliphatic carboxylic acids is 1. The number of esters is 1. The van der Waals surface area contributed by atoms with E-state index >= 15 is 0 Å². The molecule has 0 fully saturated rings. The molecule has 1 amide bonds. The molecule has 0 aliphatic heterocycles. The molecule has 0 aliphatic carbocycles. The number of nitrogens with zero attached hydrogens (tertiary/aromatic N) is 1. The van der Waals surface area contributed by atoms with E-state index < -0.39 is 29.4 Å². The van der Waals surface area contributed by atoms with Gasteiger partial charge in [-0.15, -0.1) is 0 Å². The van der Waals surface area contributed by atoms with Crippen molar-refractivity contribution in [3.05, 3.63) is 0 Å². The van der Waals surface area contributed by atoms with Gasteiger partial charge in [0.15, 0.2) is 6.04 Å². The number of carboxylic acids is 1. The van der Waals surface area contributed by atoms with Crippen LogP contribution >= 0.6 is 0 Å². The van der Waals surface area contributed by atoms with Crippen LogP contribution in [0.4, 0.5) is 0 Å². The second-order valence-corrected chi connectivity index (χ2v) is 3.99. The number of hydrogen-bond acceptors (Lipinski definition) is 5. The van der Waals surface area contributed by atoms with Crippen LogP contribution in [0.15, 0.2) is 0 Å². The molecule has 0 radical (unpaired) electrons. The molecule has 0 aromatic heterocycles. The third-order valence-corrected chi connectivity index (χ3v) is 2.50. The van der Waals surface area contributed by atoms with Crippen molar-refractivity contribution in [3.8, 4) is 0 Å². The minimum Gasteiger partial charge on any atom is -0.480 e. The van der Waals surface area contributed by atoms with Crippen LogP contribution < -0.4 is 5.73 Å². The number of rotatable bonds is 5. The fraction of sp³-hybridized carbons (Fsp3) is 0.700. The first-order valence-electron chi connectivity index (χ1n) is 5.09. The minimum absolute atomic E-state index is 0.103. The van der Waals surface area contributed by atoms with Crippen LogP contribution in [0.3, 0.4) is 0 Å². The molecule has 7 nitrogen and oxygen atoms in total. The maximum atomic E-state index is 11.7. The van der Waals surface area contributed by atoms with Crippen molar-refractivity contribution < 1.29 is 24.2 Å². The summed E-state index contributed by atoms with van der Waals surface area (Å²) in [6.45, 7) is 4.36. The summed E-state index contributed by atoms with van der Waals surface area (Å²) in [5, 5.41) is 8.93.